The first kappa shape index (κ1) is 17.0. The molecule has 116 valence electrons. The highest BCUT2D eigenvalue weighted by Gasteiger charge is 2.16. The highest BCUT2D eigenvalue weighted by atomic mass is 16.5. The van der Waals surface area contributed by atoms with E-state index in [1.807, 2.05) is 0 Å². The van der Waals surface area contributed by atoms with Crippen LogP contribution in [0.3, 0.4) is 0 Å². The molecule has 0 aliphatic heterocycles. The Labute approximate surface area is 122 Å². The molecule has 0 unspecified atom stereocenters. The Morgan fingerprint density at radius 2 is 1.60 bits per heavy atom. The fraction of sp³-hybridized carbons (Fsp3) is 0.875. The number of esters is 2. The van der Waals surface area contributed by atoms with Crippen molar-refractivity contribution in [2.75, 3.05) is 13.2 Å². The summed E-state index contributed by atoms with van der Waals surface area (Å²) in [7, 11) is 0. The Balaban J connectivity index is 1.99. The molecule has 0 saturated heterocycles. The number of rotatable bonds is 9. The molecule has 4 nitrogen and oxygen atoms in total. The van der Waals surface area contributed by atoms with E-state index in [9.17, 15) is 9.59 Å². The third-order valence-electron chi connectivity index (χ3n) is 3.75. The Kier molecular flexibility index (Phi) is 9.09. The molecule has 0 heterocycles. The normalized spacial score (nSPS) is 15.8. The Hall–Kier alpha value is -1.06. The standard InChI is InChI=1S/C16H28O4/c1-2-3-7-12-19-15(17)10-11-16(18)20-13-14-8-5-4-6-9-14/h14H,2-13H2,1H3. The third-order valence-corrected chi connectivity index (χ3v) is 3.75. The Bertz CT molecular complexity index is 282. The number of carbonyl (C=O) groups excluding carboxylic acids is 2. The largest absolute Gasteiger partial charge is 0.466 e. The lowest BCUT2D eigenvalue weighted by atomic mass is 9.90. The first-order valence-electron chi connectivity index (χ1n) is 8.03. The van der Waals surface area contributed by atoms with E-state index in [0.29, 0.717) is 19.1 Å². The summed E-state index contributed by atoms with van der Waals surface area (Å²) in [6, 6.07) is 0. The van der Waals surface area contributed by atoms with Gasteiger partial charge in [-0.15, -0.1) is 0 Å². The van der Waals surface area contributed by atoms with Crippen molar-refractivity contribution in [3.8, 4) is 0 Å². The van der Waals surface area contributed by atoms with Crippen LogP contribution in [0.1, 0.15) is 71.1 Å². The van der Waals surface area contributed by atoms with Crippen molar-refractivity contribution < 1.29 is 19.1 Å². The van der Waals surface area contributed by atoms with Gasteiger partial charge in [0.2, 0.25) is 0 Å². The lowest BCUT2D eigenvalue weighted by Gasteiger charge is -2.20. The van der Waals surface area contributed by atoms with E-state index in [1.165, 1.54) is 19.3 Å². The van der Waals surface area contributed by atoms with Gasteiger partial charge in [-0.25, -0.2) is 0 Å². The van der Waals surface area contributed by atoms with Gasteiger partial charge in [0, 0.05) is 0 Å². The van der Waals surface area contributed by atoms with E-state index in [1.54, 1.807) is 0 Å². The zero-order valence-electron chi connectivity index (χ0n) is 12.7. The maximum absolute atomic E-state index is 11.5. The van der Waals surface area contributed by atoms with Crippen molar-refractivity contribution in [1.29, 1.82) is 0 Å². The molecule has 0 N–H and O–H groups in total. The fourth-order valence-electron chi connectivity index (χ4n) is 2.45. The molecule has 0 bridgehead atoms. The molecule has 1 fully saturated rings. The average Bonchev–Trinajstić information content (AvgIpc) is 2.48. The first-order chi connectivity index (χ1) is 9.72. The summed E-state index contributed by atoms with van der Waals surface area (Å²) in [5, 5.41) is 0. The van der Waals surface area contributed by atoms with Crippen LogP contribution in [-0.4, -0.2) is 25.2 Å². The molecule has 20 heavy (non-hydrogen) atoms. The maximum Gasteiger partial charge on any atom is 0.306 e. The van der Waals surface area contributed by atoms with Gasteiger partial charge in [0.15, 0.2) is 0 Å². The van der Waals surface area contributed by atoms with Gasteiger partial charge >= 0.3 is 11.9 Å². The summed E-state index contributed by atoms with van der Waals surface area (Å²) >= 11 is 0. The van der Waals surface area contributed by atoms with E-state index < -0.39 is 0 Å². The molecule has 1 saturated carbocycles. The van der Waals surface area contributed by atoms with Crippen LogP contribution in [0.25, 0.3) is 0 Å². The van der Waals surface area contributed by atoms with Crippen LogP contribution in [0.15, 0.2) is 0 Å². The van der Waals surface area contributed by atoms with Gasteiger partial charge in [-0.05, 0) is 25.2 Å². The van der Waals surface area contributed by atoms with Gasteiger partial charge in [0.25, 0.3) is 0 Å². The van der Waals surface area contributed by atoms with Crippen molar-refractivity contribution in [2.24, 2.45) is 5.92 Å². The Morgan fingerprint density at radius 1 is 0.950 bits per heavy atom. The smallest absolute Gasteiger partial charge is 0.306 e. The van der Waals surface area contributed by atoms with Gasteiger partial charge in [-0.2, -0.15) is 0 Å². The van der Waals surface area contributed by atoms with Crippen molar-refractivity contribution in [3.63, 3.8) is 0 Å². The van der Waals surface area contributed by atoms with Crippen molar-refractivity contribution in [2.45, 2.75) is 71.1 Å². The molecule has 4 heteroatoms. The molecule has 0 amide bonds. The van der Waals surface area contributed by atoms with E-state index in [2.05, 4.69) is 6.92 Å². The molecule has 0 spiro atoms. The maximum atomic E-state index is 11.5. The van der Waals surface area contributed by atoms with Crippen molar-refractivity contribution >= 4 is 11.9 Å². The third kappa shape index (κ3) is 8.18. The van der Waals surface area contributed by atoms with E-state index in [4.69, 9.17) is 9.47 Å². The van der Waals surface area contributed by atoms with E-state index >= 15 is 0 Å². The second kappa shape index (κ2) is 10.7. The van der Waals surface area contributed by atoms with E-state index in [-0.39, 0.29) is 24.8 Å². The number of ether oxygens (including phenoxy) is 2. The van der Waals surface area contributed by atoms with Crippen LogP contribution in [0.5, 0.6) is 0 Å². The number of hydrogen-bond acceptors (Lipinski definition) is 4. The van der Waals surface area contributed by atoms with Crippen LogP contribution in [0.4, 0.5) is 0 Å². The summed E-state index contributed by atoms with van der Waals surface area (Å²) in [6.45, 7) is 3.08. The summed E-state index contributed by atoms with van der Waals surface area (Å²) in [5.74, 6) is -0.0505. The van der Waals surface area contributed by atoms with Crippen LogP contribution in [0, 0.1) is 5.92 Å². The number of unbranched alkanes of at least 4 members (excludes halogenated alkanes) is 2. The fourth-order valence-corrected chi connectivity index (χ4v) is 2.45. The Morgan fingerprint density at radius 3 is 2.25 bits per heavy atom. The molecule has 0 atom stereocenters. The highest BCUT2D eigenvalue weighted by Crippen LogP contribution is 2.23. The second-order valence-electron chi connectivity index (χ2n) is 5.61. The average molecular weight is 284 g/mol. The predicted octanol–water partition coefficient (Wildman–Crippen LogP) is 3.62. The van der Waals surface area contributed by atoms with Gasteiger partial charge < -0.3 is 9.47 Å². The van der Waals surface area contributed by atoms with Crippen LogP contribution in [0.2, 0.25) is 0 Å². The lowest BCUT2D eigenvalue weighted by Crippen LogP contribution is -2.17. The van der Waals surface area contributed by atoms with Gasteiger partial charge in [-0.3, -0.25) is 9.59 Å². The molecule has 1 rings (SSSR count). The highest BCUT2D eigenvalue weighted by molar-refractivity contribution is 5.77. The summed E-state index contributed by atoms with van der Waals surface area (Å²) in [5.41, 5.74) is 0. The zero-order valence-corrected chi connectivity index (χ0v) is 12.7. The molecule has 0 radical (unpaired) electrons. The number of carbonyl (C=O) groups is 2. The second-order valence-corrected chi connectivity index (χ2v) is 5.61. The van der Waals surface area contributed by atoms with Crippen molar-refractivity contribution in [1.82, 2.24) is 0 Å². The molecule has 0 aromatic rings. The van der Waals surface area contributed by atoms with Crippen LogP contribution >= 0.6 is 0 Å². The van der Waals surface area contributed by atoms with E-state index in [0.717, 1.165) is 32.1 Å². The minimum absolute atomic E-state index is 0.135. The summed E-state index contributed by atoms with van der Waals surface area (Å²) < 4.78 is 10.3. The quantitative estimate of drug-likeness (QED) is 0.479. The minimum Gasteiger partial charge on any atom is -0.466 e. The zero-order chi connectivity index (χ0) is 14.6. The SMILES string of the molecule is CCCCCOC(=O)CCC(=O)OCC1CCCCC1. The summed E-state index contributed by atoms with van der Waals surface area (Å²) in [4.78, 5) is 22.9. The molecule has 1 aliphatic rings. The van der Waals surface area contributed by atoms with Gasteiger partial charge in [-0.1, -0.05) is 39.0 Å². The topological polar surface area (TPSA) is 52.6 Å². The van der Waals surface area contributed by atoms with Gasteiger partial charge in [0.1, 0.15) is 0 Å². The van der Waals surface area contributed by atoms with Crippen LogP contribution in [-0.2, 0) is 19.1 Å². The van der Waals surface area contributed by atoms with Gasteiger partial charge in [0.05, 0.1) is 26.1 Å². The molecule has 0 aromatic heterocycles. The molecular weight excluding hydrogens is 256 g/mol. The van der Waals surface area contributed by atoms with Crippen LogP contribution < -0.4 is 0 Å². The summed E-state index contributed by atoms with van der Waals surface area (Å²) in [6.07, 6.45) is 9.44. The number of hydrogen-bond donors (Lipinski definition) is 0. The molecule has 1 aliphatic carbocycles. The predicted molar refractivity (Wildman–Crippen MR) is 77.3 cm³/mol. The first-order valence-corrected chi connectivity index (χ1v) is 8.03. The van der Waals surface area contributed by atoms with Crippen molar-refractivity contribution in [3.05, 3.63) is 0 Å². The lowest BCUT2D eigenvalue weighted by molar-refractivity contribution is -0.151. The molecular formula is C16H28O4. The monoisotopic (exact) mass is 284 g/mol. The minimum atomic E-state index is -0.296. The molecule has 0 aromatic carbocycles.